The zero-order valence-corrected chi connectivity index (χ0v) is 10.8. The third kappa shape index (κ3) is 3.50. The molecular weight excluding hydrogens is 180 g/mol. The normalized spacial score (nSPS) is 19.6. The van der Waals surface area contributed by atoms with E-state index in [2.05, 4.69) is 41.5 Å². The van der Waals surface area contributed by atoms with E-state index in [9.17, 15) is 0 Å². The summed E-state index contributed by atoms with van der Waals surface area (Å²) in [5.74, 6) is 0.592. The van der Waals surface area contributed by atoms with Crippen LogP contribution in [0.4, 0.5) is 0 Å². The Morgan fingerprint density at radius 3 is 1.92 bits per heavy atom. The van der Waals surface area contributed by atoms with Gasteiger partial charge in [0.2, 0.25) is 0 Å². The summed E-state index contributed by atoms with van der Waals surface area (Å²) in [6, 6.07) is 0. The molecule has 0 saturated heterocycles. The first kappa shape index (κ1) is 13.3. The Balaban J connectivity index is 4.27. The van der Waals surface area contributed by atoms with Crippen LogP contribution < -0.4 is 0 Å². The molecule has 0 nitrogen and oxygen atoms in total. The SMILES string of the molecule is CCCCC(C)C(C)(Cl)C(C)(C)C. The van der Waals surface area contributed by atoms with Gasteiger partial charge >= 0.3 is 0 Å². The van der Waals surface area contributed by atoms with Crippen LogP contribution in [0.1, 0.15) is 60.8 Å². The van der Waals surface area contributed by atoms with Crippen molar-refractivity contribution >= 4 is 11.6 Å². The van der Waals surface area contributed by atoms with E-state index in [0.29, 0.717) is 5.92 Å². The lowest BCUT2D eigenvalue weighted by molar-refractivity contribution is 0.208. The van der Waals surface area contributed by atoms with Crippen molar-refractivity contribution in [1.29, 1.82) is 0 Å². The molecular formula is C12H25Cl. The molecule has 0 fully saturated rings. The second-order valence-corrected chi connectivity index (χ2v) is 6.15. The molecule has 0 aromatic rings. The van der Waals surface area contributed by atoms with Gasteiger partial charge in [-0.2, -0.15) is 0 Å². The molecule has 0 N–H and O–H groups in total. The third-order valence-electron chi connectivity index (χ3n) is 3.38. The van der Waals surface area contributed by atoms with Gasteiger partial charge in [-0.05, 0) is 24.7 Å². The lowest BCUT2D eigenvalue weighted by Gasteiger charge is -2.41. The smallest absolute Gasteiger partial charge is 0.0492 e. The molecule has 2 atom stereocenters. The largest absolute Gasteiger partial charge is 0.119 e. The van der Waals surface area contributed by atoms with E-state index in [1.807, 2.05) is 0 Å². The summed E-state index contributed by atoms with van der Waals surface area (Å²) in [7, 11) is 0. The van der Waals surface area contributed by atoms with E-state index in [-0.39, 0.29) is 10.3 Å². The second kappa shape index (κ2) is 4.68. The van der Waals surface area contributed by atoms with Crippen LogP contribution in [-0.4, -0.2) is 4.87 Å². The minimum atomic E-state index is -0.0812. The highest BCUT2D eigenvalue weighted by molar-refractivity contribution is 6.24. The molecule has 0 aliphatic rings. The third-order valence-corrected chi connectivity index (χ3v) is 4.32. The van der Waals surface area contributed by atoms with Gasteiger partial charge in [-0.25, -0.2) is 0 Å². The number of alkyl halides is 1. The maximum Gasteiger partial charge on any atom is 0.0492 e. The Kier molecular flexibility index (Phi) is 4.79. The van der Waals surface area contributed by atoms with Crippen molar-refractivity contribution in [3.05, 3.63) is 0 Å². The molecule has 0 spiro atoms. The Hall–Kier alpha value is 0.290. The number of hydrogen-bond acceptors (Lipinski definition) is 0. The van der Waals surface area contributed by atoms with Crippen molar-refractivity contribution in [3.8, 4) is 0 Å². The monoisotopic (exact) mass is 204 g/mol. The fourth-order valence-corrected chi connectivity index (χ4v) is 1.63. The zero-order chi connectivity index (χ0) is 10.7. The van der Waals surface area contributed by atoms with Gasteiger partial charge in [-0.15, -0.1) is 11.6 Å². The molecule has 0 heterocycles. The Morgan fingerprint density at radius 1 is 1.15 bits per heavy atom. The van der Waals surface area contributed by atoms with Gasteiger partial charge in [0.15, 0.2) is 0 Å². The van der Waals surface area contributed by atoms with Gasteiger partial charge in [0.05, 0.1) is 0 Å². The fourth-order valence-electron chi connectivity index (χ4n) is 1.52. The molecule has 0 aromatic carbocycles. The highest BCUT2D eigenvalue weighted by Crippen LogP contribution is 2.43. The summed E-state index contributed by atoms with van der Waals surface area (Å²) in [4.78, 5) is -0.0812. The first-order chi connectivity index (χ1) is 5.73. The van der Waals surface area contributed by atoms with Crippen molar-refractivity contribution in [1.82, 2.24) is 0 Å². The highest BCUT2D eigenvalue weighted by atomic mass is 35.5. The standard InChI is InChI=1S/C12H25Cl/c1-7-8-9-10(2)12(6,13)11(3,4)5/h10H,7-9H2,1-6H3. The summed E-state index contributed by atoms with van der Waals surface area (Å²) >= 11 is 6.60. The van der Waals surface area contributed by atoms with E-state index in [0.717, 1.165) is 0 Å². The number of halogens is 1. The van der Waals surface area contributed by atoms with Gasteiger partial charge in [0.25, 0.3) is 0 Å². The molecule has 0 aromatic heterocycles. The van der Waals surface area contributed by atoms with Crippen LogP contribution >= 0.6 is 11.6 Å². The molecule has 0 amide bonds. The maximum atomic E-state index is 6.60. The molecule has 0 aliphatic carbocycles. The first-order valence-electron chi connectivity index (χ1n) is 5.42. The van der Waals surface area contributed by atoms with Gasteiger partial charge in [-0.1, -0.05) is 47.5 Å². The molecule has 80 valence electrons. The van der Waals surface area contributed by atoms with Gasteiger partial charge < -0.3 is 0 Å². The van der Waals surface area contributed by atoms with Crippen molar-refractivity contribution in [3.63, 3.8) is 0 Å². The summed E-state index contributed by atoms with van der Waals surface area (Å²) in [6.45, 7) is 13.4. The van der Waals surface area contributed by atoms with E-state index < -0.39 is 0 Å². The van der Waals surface area contributed by atoms with Crippen molar-refractivity contribution in [2.24, 2.45) is 11.3 Å². The molecule has 0 bridgehead atoms. The van der Waals surface area contributed by atoms with Crippen LogP contribution in [0, 0.1) is 11.3 Å². The molecule has 0 saturated carbocycles. The highest BCUT2D eigenvalue weighted by Gasteiger charge is 2.39. The van der Waals surface area contributed by atoms with Crippen LogP contribution in [0.3, 0.4) is 0 Å². The average Bonchev–Trinajstić information content (AvgIpc) is 1.97. The predicted molar refractivity (Wildman–Crippen MR) is 62.4 cm³/mol. The van der Waals surface area contributed by atoms with Crippen molar-refractivity contribution < 1.29 is 0 Å². The Morgan fingerprint density at radius 2 is 1.62 bits per heavy atom. The lowest BCUT2D eigenvalue weighted by Crippen LogP contribution is -2.40. The summed E-state index contributed by atoms with van der Waals surface area (Å²) in [5.41, 5.74) is 0.182. The minimum absolute atomic E-state index is 0.0812. The van der Waals surface area contributed by atoms with Gasteiger partial charge in [-0.3, -0.25) is 0 Å². The van der Waals surface area contributed by atoms with Crippen LogP contribution in [0.15, 0.2) is 0 Å². The fraction of sp³-hybridized carbons (Fsp3) is 1.00. The van der Waals surface area contributed by atoms with Gasteiger partial charge in [0.1, 0.15) is 0 Å². The topological polar surface area (TPSA) is 0 Å². The summed E-state index contributed by atoms with van der Waals surface area (Å²) < 4.78 is 0. The number of unbranched alkanes of at least 4 members (excludes halogenated alkanes) is 1. The van der Waals surface area contributed by atoms with E-state index in [1.54, 1.807) is 0 Å². The molecule has 2 unspecified atom stereocenters. The van der Waals surface area contributed by atoms with Crippen LogP contribution in [0.2, 0.25) is 0 Å². The molecule has 0 aliphatic heterocycles. The van der Waals surface area contributed by atoms with E-state index >= 15 is 0 Å². The summed E-state index contributed by atoms with van der Waals surface area (Å²) in [5, 5.41) is 0. The molecule has 1 heteroatoms. The lowest BCUT2D eigenvalue weighted by atomic mass is 9.72. The second-order valence-electron chi connectivity index (χ2n) is 5.37. The molecule has 0 radical (unpaired) electrons. The quantitative estimate of drug-likeness (QED) is 0.574. The average molecular weight is 205 g/mol. The van der Waals surface area contributed by atoms with E-state index in [4.69, 9.17) is 11.6 Å². The van der Waals surface area contributed by atoms with Crippen molar-refractivity contribution in [2.45, 2.75) is 65.7 Å². The number of hydrogen-bond donors (Lipinski definition) is 0. The summed E-state index contributed by atoms with van der Waals surface area (Å²) in [6.07, 6.45) is 3.80. The van der Waals surface area contributed by atoms with Crippen LogP contribution in [0.5, 0.6) is 0 Å². The van der Waals surface area contributed by atoms with Crippen LogP contribution in [-0.2, 0) is 0 Å². The first-order valence-corrected chi connectivity index (χ1v) is 5.80. The predicted octanol–water partition coefficient (Wildman–Crippen LogP) is 4.86. The molecule has 0 rings (SSSR count). The Labute approximate surface area is 89.1 Å². The Bertz CT molecular complexity index is 142. The van der Waals surface area contributed by atoms with Gasteiger partial charge in [0, 0.05) is 4.87 Å². The molecule has 13 heavy (non-hydrogen) atoms. The zero-order valence-electron chi connectivity index (χ0n) is 10.1. The number of rotatable bonds is 4. The van der Waals surface area contributed by atoms with Crippen molar-refractivity contribution in [2.75, 3.05) is 0 Å². The minimum Gasteiger partial charge on any atom is -0.119 e. The van der Waals surface area contributed by atoms with Crippen LogP contribution in [0.25, 0.3) is 0 Å². The van der Waals surface area contributed by atoms with E-state index in [1.165, 1.54) is 19.3 Å². The maximum absolute atomic E-state index is 6.60.